The summed E-state index contributed by atoms with van der Waals surface area (Å²) in [6.07, 6.45) is 5.16. The lowest BCUT2D eigenvalue weighted by Crippen LogP contribution is -2.43. The van der Waals surface area contributed by atoms with Crippen LogP contribution in [0.15, 0.2) is 35.2 Å². The lowest BCUT2D eigenvalue weighted by atomic mass is 9.91. The average Bonchev–Trinajstić information content (AvgIpc) is 3.11. The molecule has 28 heavy (non-hydrogen) atoms. The summed E-state index contributed by atoms with van der Waals surface area (Å²) in [5, 5.41) is 8.95. The van der Waals surface area contributed by atoms with Crippen LogP contribution < -0.4 is 5.14 Å². The Bertz CT molecular complexity index is 1170. The van der Waals surface area contributed by atoms with Gasteiger partial charge in [0, 0.05) is 37.2 Å². The highest BCUT2D eigenvalue weighted by Gasteiger charge is 2.82. The summed E-state index contributed by atoms with van der Waals surface area (Å²) in [4.78, 5) is 8.37. The van der Waals surface area contributed by atoms with E-state index in [0.717, 1.165) is 4.31 Å². The number of hydrogen-bond acceptors (Lipinski definition) is 6. The van der Waals surface area contributed by atoms with Crippen molar-refractivity contribution in [2.75, 3.05) is 13.1 Å². The number of alkyl halides is 2. The van der Waals surface area contributed by atoms with Gasteiger partial charge in [-0.3, -0.25) is 0 Å². The van der Waals surface area contributed by atoms with Crippen molar-refractivity contribution >= 4 is 15.9 Å². The van der Waals surface area contributed by atoms with Crippen LogP contribution in [0.25, 0.3) is 17.0 Å². The van der Waals surface area contributed by atoms with Crippen molar-refractivity contribution in [2.45, 2.75) is 24.7 Å². The molecule has 0 unspecified atom stereocenters. The Morgan fingerprint density at radius 1 is 1.25 bits per heavy atom. The van der Waals surface area contributed by atoms with Crippen LogP contribution >= 0.6 is 0 Å². The molecule has 4 heterocycles. The summed E-state index contributed by atoms with van der Waals surface area (Å²) in [5.41, 5.74) is -0.0893. The van der Waals surface area contributed by atoms with E-state index in [1.807, 2.05) is 0 Å². The van der Waals surface area contributed by atoms with Crippen LogP contribution in [0.1, 0.15) is 24.7 Å². The Labute approximate surface area is 158 Å². The fourth-order valence-electron chi connectivity index (χ4n) is 4.18. The minimum Gasteiger partial charge on any atom is -0.338 e. The van der Waals surface area contributed by atoms with Gasteiger partial charge in [-0.1, -0.05) is 5.16 Å². The van der Waals surface area contributed by atoms with Gasteiger partial charge in [0.05, 0.1) is 5.41 Å². The molecule has 1 aliphatic heterocycles. The van der Waals surface area contributed by atoms with Crippen molar-refractivity contribution in [1.82, 2.24) is 23.8 Å². The van der Waals surface area contributed by atoms with E-state index in [0.29, 0.717) is 11.2 Å². The van der Waals surface area contributed by atoms with E-state index >= 15 is 0 Å². The average molecular weight is 410 g/mol. The third-order valence-electron chi connectivity index (χ3n) is 5.81. The zero-order chi connectivity index (χ0) is 19.7. The number of halogens is 2. The Morgan fingerprint density at radius 2 is 2.00 bits per heavy atom. The SMILES string of the molecule is NS(=O)(=O)N1CCC2(CC1)[C@H](c1nc(-c3ccn4ccnc4c3)no1)C2(F)F. The van der Waals surface area contributed by atoms with E-state index in [4.69, 9.17) is 9.66 Å². The first kappa shape index (κ1) is 17.6. The molecule has 0 aromatic carbocycles. The smallest absolute Gasteiger partial charge is 0.276 e. The highest BCUT2D eigenvalue weighted by Crippen LogP contribution is 2.75. The topological polar surface area (TPSA) is 120 Å². The second-order valence-corrected chi connectivity index (χ2v) is 8.77. The number of nitrogens with two attached hydrogens (primary N) is 1. The van der Waals surface area contributed by atoms with Gasteiger partial charge in [0.2, 0.25) is 11.7 Å². The summed E-state index contributed by atoms with van der Waals surface area (Å²) in [7, 11) is -3.88. The van der Waals surface area contributed by atoms with E-state index < -0.39 is 27.5 Å². The monoisotopic (exact) mass is 410 g/mol. The van der Waals surface area contributed by atoms with Crippen LogP contribution in [0.2, 0.25) is 0 Å². The number of piperidine rings is 1. The normalized spacial score (nSPS) is 24.0. The molecule has 2 aliphatic rings. The van der Waals surface area contributed by atoms with Crippen molar-refractivity contribution < 1.29 is 21.7 Å². The van der Waals surface area contributed by atoms with Gasteiger partial charge in [-0.25, -0.2) is 18.9 Å². The molecule has 1 atom stereocenters. The third kappa shape index (κ3) is 2.41. The van der Waals surface area contributed by atoms with Gasteiger partial charge < -0.3 is 8.92 Å². The van der Waals surface area contributed by atoms with Crippen LogP contribution in [0.5, 0.6) is 0 Å². The molecule has 1 spiro atoms. The first-order chi connectivity index (χ1) is 13.2. The molecule has 0 amide bonds. The Hall–Kier alpha value is -2.44. The van der Waals surface area contributed by atoms with Gasteiger partial charge in [-0.2, -0.15) is 17.7 Å². The van der Waals surface area contributed by atoms with Crippen molar-refractivity contribution in [2.24, 2.45) is 10.6 Å². The highest BCUT2D eigenvalue weighted by molar-refractivity contribution is 7.86. The van der Waals surface area contributed by atoms with Gasteiger partial charge in [-0.05, 0) is 25.0 Å². The molecule has 3 aromatic rings. The van der Waals surface area contributed by atoms with Crippen molar-refractivity contribution in [3.05, 3.63) is 36.6 Å². The second-order valence-electron chi connectivity index (χ2n) is 7.22. The molecule has 1 saturated heterocycles. The molecule has 12 heteroatoms. The summed E-state index contributed by atoms with van der Waals surface area (Å²) in [6.45, 7) is -0.106. The van der Waals surface area contributed by atoms with E-state index in [1.165, 1.54) is 0 Å². The summed E-state index contributed by atoms with van der Waals surface area (Å²) in [6, 6.07) is 3.48. The van der Waals surface area contributed by atoms with E-state index in [1.54, 1.807) is 35.1 Å². The zero-order valence-electron chi connectivity index (χ0n) is 14.5. The molecular weight excluding hydrogens is 394 g/mol. The lowest BCUT2D eigenvalue weighted by Gasteiger charge is -2.30. The van der Waals surface area contributed by atoms with Gasteiger partial charge in [-0.15, -0.1) is 0 Å². The molecule has 2 fully saturated rings. The Balaban J connectivity index is 1.41. The minimum atomic E-state index is -3.88. The van der Waals surface area contributed by atoms with Gasteiger partial charge in [0.1, 0.15) is 11.6 Å². The number of nitrogens with zero attached hydrogens (tertiary/aromatic N) is 5. The fraction of sp³-hybridized carbons (Fsp3) is 0.438. The Morgan fingerprint density at radius 3 is 2.71 bits per heavy atom. The van der Waals surface area contributed by atoms with Crippen molar-refractivity contribution in [3.63, 3.8) is 0 Å². The number of aromatic nitrogens is 4. The predicted molar refractivity (Wildman–Crippen MR) is 92.5 cm³/mol. The van der Waals surface area contributed by atoms with E-state index in [2.05, 4.69) is 15.1 Å². The molecule has 2 N–H and O–H groups in total. The number of hydrogen-bond donors (Lipinski definition) is 1. The maximum absolute atomic E-state index is 14.7. The van der Waals surface area contributed by atoms with Gasteiger partial charge in [0.25, 0.3) is 16.1 Å². The molecular formula is C16H16F2N6O3S. The second kappa shape index (κ2) is 5.55. The van der Waals surface area contributed by atoms with Crippen molar-refractivity contribution in [3.8, 4) is 11.4 Å². The predicted octanol–water partition coefficient (Wildman–Crippen LogP) is 1.40. The third-order valence-corrected chi connectivity index (χ3v) is 6.90. The fourth-order valence-corrected chi connectivity index (χ4v) is 4.87. The maximum Gasteiger partial charge on any atom is 0.276 e. The molecule has 0 radical (unpaired) electrons. The molecule has 0 bridgehead atoms. The van der Waals surface area contributed by atoms with Crippen LogP contribution in [0, 0.1) is 5.41 Å². The first-order valence-electron chi connectivity index (χ1n) is 8.65. The largest absolute Gasteiger partial charge is 0.338 e. The van der Waals surface area contributed by atoms with Gasteiger partial charge >= 0.3 is 0 Å². The van der Waals surface area contributed by atoms with Gasteiger partial charge in [0.15, 0.2) is 0 Å². The quantitative estimate of drug-likeness (QED) is 0.697. The van der Waals surface area contributed by atoms with E-state index in [-0.39, 0.29) is 37.6 Å². The molecule has 5 rings (SSSR count). The molecule has 9 nitrogen and oxygen atoms in total. The van der Waals surface area contributed by atoms with Crippen LogP contribution in [-0.4, -0.2) is 51.3 Å². The summed E-state index contributed by atoms with van der Waals surface area (Å²) < 4.78 is 60.2. The maximum atomic E-state index is 14.7. The highest BCUT2D eigenvalue weighted by atomic mass is 32.2. The molecule has 148 valence electrons. The Kier molecular flexibility index (Phi) is 3.50. The molecule has 1 aliphatic carbocycles. The minimum absolute atomic E-state index is 0.0150. The number of rotatable bonds is 3. The molecule has 1 saturated carbocycles. The van der Waals surface area contributed by atoms with Crippen LogP contribution in [0.3, 0.4) is 0 Å². The zero-order valence-corrected chi connectivity index (χ0v) is 15.3. The van der Waals surface area contributed by atoms with Crippen LogP contribution in [0.4, 0.5) is 8.78 Å². The summed E-state index contributed by atoms with van der Waals surface area (Å²) >= 11 is 0. The standard InChI is InChI=1S/C16H16F2N6O3S/c17-16(18)12(15(16)2-6-24(7-3-15)28(19,25)26)14-21-13(22-27-14)10-1-5-23-8-4-20-11(23)9-10/h1,4-5,8-9,12H,2-3,6-7H2,(H2,19,25,26)/t12-/m0/s1. The molecule has 3 aromatic heterocycles. The lowest BCUT2D eigenvalue weighted by molar-refractivity contribution is 0.0406. The number of pyridine rings is 1. The number of imidazole rings is 1. The van der Waals surface area contributed by atoms with E-state index in [9.17, 15) is 17.2 Å². The number of fused-ring (bicyclic) bond motifs is 1. The van der Waals surface area contributed by atoms with Crippen LogP contribution in [-0.2, 0) is 10.2 Å². The van der Waals surface area contributed by atoms with Crippen molar-refractivity contribution in [1.29, 1.82) is 0 Å². The first-order valence-corrected chi connectivity index (χ1v) is 10.2. The summed E-state index contributed by atoms with van der Waals surface area (Å²) in [5.74, 6) is -4.18.